The van der Waals surface area contributed by atoms with Crippen LogP contribution in [0.2, 0.25) is 0 Å². The Morgan fingerprint density at radius 2 is 2.08 bits per heavy atom. The Balaban J connectivity index is 2.83. The first-order valence-corrected chi connectivity index (χ1v) is 4.07. The molecule has 0 fully saturated rings. The zero-order valence-electron chi connectivity index (χ0n) is 8.01. The molecule has 4 nitrogen and oxygen atoms in total. The third-order valence-corrected chi connectivity index (χ3v) is 1.56. The molecule has 12 heavy (non-hydrogen) atoms. The van der Waals surface area contributed by atoms with Crippen molar-refractivity contribution in [3.8, 4) is 0 Å². The molecule has 1 N–H and O–H groups in total. The van der Waals surface area contributed by atoms with E-state index in [9.17, 15) is 0 Å². The Morgan fingerprint density at radius 1 is 1.42 bits per heavy atom. The zero-order valence-corrected chi connectivity index (χ0v) is 8.01. The van der Waals surface area contributed by atoms with Gasteiger partial charge in [0.15, 0.2) is 5.66 Å². The minimum atomic E-state index is -0.387. The maximum absolute atomic E-state index is 5.02. The number of ether oxygens (including phenoxy) is 1. The molecule has 0 amide bonds. The fraction of sp³-hybridized carbons (Fsp3) is 0.750. The molecule has 1 heterocycles. The van der Waals surface area contributed by atoms with E-state index in [2.05, 4.69) is 15.3 Å². The summed E-state index contributed by atoms with van der Waals surface area (Å²) in [7, 11) is 1.60. The monoisotopic (exact) mass is 169 g/mol. The summed E-state index contributed by atoms with van der Waals surface area (Å²) in [5.41, 5.74) is -0.387. The normalized spacial score (nSPS) is 20.7. The van der Waals surface area contributed by atoms with Gasteiger partial charge in [-0.05, 0) is 13.8 Å². The Bertz CT molecular complexity index is 208. The number of methoxy groups -OCH3 is 1. The number of rotatable bonds is 1. The largest absolute Gasteiger partial charge is 0.468 e. The average molecular weight is 169 g/mol. The topological polar surface area (TPSA) is 46.0 Å². The highest BCUT2D eigenvalue weighted by Crippen LogP contribution is 2.14. The van der Waals surface area contributed by atoms with Gasteiger partial charge in [0, 0.05) is 6.42 Å². The zero-order chi connectivity index (χ0) is 9.19. The van der Waals surface area contributed by atoms with Crippen LogP contribution in [0.15, 0.2) is 9.98 Å². The number of hydrogen-bond donors (Lipinski definition) is 1. The van der Waals surface area contributed by atoms with Crippen molar-refractivity contribution in [2.24, 2.45) is 9.98 Å². The summed E-state index contributed by atoms with van der Waals surface area (Å²) in [5, 5.41) is 2.99. The summed E-state index contributed by atoms with van der Waals surface area (Å²) in [4.78, 5) is 8.60. The molecule has 0 aliphatic carbocycles. The highest BCUT2D eigenvalue weighted by molar-refractivity contribution is 5.98. The second-order valence-electron chi connectivity index (χ2n) is 3.15. The third-order valence-electron chi connectivity index (χ3n) is 1.56. The van der Waals surface area contributed by atoms with Crippen LogP contribution in [-0.2, 0) is 4.74 Å². The van der Waals surface area contributed by atoms with Gasteiger partial charge in [0.2, 0.25) is 0 Å². The SMILES string of the molecule is CCC1=NC(C)(C)N=C(OC)N1. The van der Waals surface area contributed by atoms with Gasteiger partial charge >= 0.3 is 0 Å². The molecule has 0 bridgehead atoms. The number of amidine groups is 2. The van der Waals surface area contributed by atoms with Crippen LogP contribution in [0.25, 0.3) is 0 Å². The van der Waals surface area contributed by atoms with Gasteiger partial charge in [-0.25, -0.2) is 9.98 Å². The molecule has 0 saturated carbocycles. The standard InChI is InChI=1S/C8H15N3O/c1-5-6-9-7(12-4)11-8(2,3)10-6/h5H2,1-4H3,(H,9,10,11). The van der Waals surface area contributed by atoms with Crippen LogP contribution in [-0.4, -0.2) is 24.6 Å². The summed E-state index contributed by atoms with van der Waals surface area (Å²) in [6.07, 6.45) is 0.867. The van der Waals surface area contributed by atoms with Gasteiger partial charge < -0.3 is 4.74 Å². The fourth-order valence-electron chi connectivity index (χ4n) is 1.05. The van der Waals surface area contributed by atoms with E-state index in [0.717, 1.165) is 12.3 Å². The molecule has 0 aromatic rings. The molecule has 0 saturated heterocycles. The number of hydrogen-bond acceptors (Lipinski definition) is 4. The lowest BCUT2D eigenvalue weighted by Crippen LogP contribution is -2.40. The first-order chi connectivity index (χ1) is 5.57. The van der Waals surface area contributed by atoms with Crippen molar-refractivity contribution in [1.29, 1.82) is 0 Å². The minimum Gasteiger partial charge on any atom is -0.468 e. The molecular formula is C8H15N3O. The maximum atomic E-state index is 5.02. The summed E-state index contributed by atoms with van der Waals surface area (Å²) >= 11 is 0. The van der Waals surface area contributed by atoms with Crippen molar-refractivity contribution >= 4 is 11.9 Å². The predicted molar refractivity (Wildman–Crippen MR) is 49.4 cm³/mol. The lowest BCUT2D eigenvalue weighted by atomic mass is 10.2. The molecule has 0 aromatic carbocycles. The van der Waals surface area contributed by atoms with Crippen LogP contribution >= 0.6 is 0 Å². The van der Waals surface area contributed by atoms with Crippen molar-refractivity contribution < 1.29 is 4.74 Å². The van der Waals surface area contributed by atoms with E-state index >= 15 is 0 Å². The van der Waals surface area contributed by atoms with Crippen molar-refractivity contribution in [2.75, 3.05) is 7.11 Å². The summed E-state index contributed by atoms with van der Waals surface area (Å²) in [5.74, 6) is 0.923. The third kappa shape index (κ3) is 1.96. The highest BCUT2D eigenvalue weighted by atomic mass is 16.5. The molecule has 1 rings (SSSR count). The van der Waals surface area contributed by atoms with Crippen LogP contribution in [0.5, 0.6) is 0 Å². The Kier molecular flexibility index (Phi) is 2.35. The number of aliphatic imine (C=N–C) groups is 2. The van der Waals surface area contributed by atoms with Gasteiger partial charge in [0.1, 0.15) is 5.84 Å². The van der Waals surface area contributed by atoms with Gasteiger partial charge in [-0.2, -0.15) is 0 Å². The van der Waals surface area contributed by atoms with E-state index in [-0.39, 0.29) is 5.66 Å². The Hall–Kier alpha value is -1.06. The van der Waals surface area contributed by atoms with Crippen LogP contribution in [0.3, 0.4) is 0 Å². The first kappa shape index (κ1) is 9.03. The maximum Gasteiger partial charge on any atom is 0.292 e. The number of nitrogens with one attached hydrogen (secondary N) is 1. The van der Waals surface area contributed by atoms with E-state index < -0.39 is 0 Å². The van der Waals surface area contributed by atoms with Gasteiger partial charge in [-0.3, -0.25) is 5.32 Å². The average Bonchev–Trinajstić information content (AvgIpc) is 2.01. The van der Waals surface area contributed by atoms with Gasteiger partial charge in [-0.1, -0.05) is 6.92 Å². The fourth-order valence-corrected chi connectivity index (χ4v) is 1.05. The molecule has 1 aliphatic heterocycles. The molecule has 4 heteroatoms. The summed E-state index contributed by atoms with van der Waals surface area (Å²) in [6, 6.07) is 0.548. The lowest BCUT2D eigenvalue weighted by Gasteiger charge is -2.24. The van der Waals surface area contributed by atoms with Crippen LogP contribution < -0.4 is 5.32 Å². The van der Waals surface area contributed by atoms with Crippen LogP contribution in [0.4, 0.5) is 0 Å². The van der Waals surface area contributed by atoms with E-state index in [1.54, 1.807) is 7.11 Å². The van der Waals surface area contributed by atoms with Crippen LogP contribution in [0, 0.1) is 0 Å². The van der Waals surface area contributed by atoms with E-state index in [4.69, 9.17) is 4.74 Å². The first-order valence-electron chi connectivity index (χ1n) is 4.07. The van der Waals surface area contributed by atoms with Crippen molar-refractivity contribution in [3.05, 3.63) is 0 Å². The summed E-state index contributed by atoms with van der Waals surface area (Å²) < 4.78 is 5.02. The quantitative estimate of drug-likeness (QED) is 0.639. The summed E-state index contributed by atoms with van der Waals surface area (Å²) in [6.45, 7) is 5.94. The van der Waals surface area contributed by atoms with Gasteiger partial charge in [0.25, 0.3) is 6.02 Å². The van der Waals surface area contributed by atoms with Gasteiger partial charge in [0.05, 0.1) is 7.11 Å². The van der Waals surface area contributed by atoms with Crippen molar-refractivity contribution in [3.63, 3.8) is 0 Å². The second-order valence-corrected chi connectivity index (χ2v) is 3.15. The molecule has 0 radical (unpaired) electrons. The van der Waals surface area contributed by atoms with E-state index in [1.165, 1.54) is 0 Å². The molecule has 0 aromatic heterocycles. The molecule has 0 spiro atoms. The van der Waals surface area contributed by atoms with E-state index in [0.29, 0.717) is 6.02 Å². The Labute approximate surface area is 72.7 Å². The second kappa shape index (κ2) is 3.13. The number of nitrogens with zero attached hydrogens (tertiary/aromatic N) is 2. The Morgan fingerprint density at radius 3 is 2.58 bits per heavy atom. The van der Waals surface area contributed by atoms with Crippen molar-refractivity contribution in [1.82, 2.24) is 5.32 Å². The molecule has 0 unspecified atom stereocenters. The molecular weight excluding hydrogens is 154 g/mol. The smallest absolute Gasteiger partial charge is 0.292 e. The van der Waals surface area contributed by atoms with Gasteiger partial charge in [-0.15, -0.1) is 0 Å². The van der Waals surface area contributed by atoms with Crippen molar-refractivity contribution in [2.45, 2.75) is 32.9 Å². The molecule has 68 valence electrons. The predicted octanol–water partition coefficient (Wildman–Crippen LogP) is 1.14. The molecule has 0 atom stereocenters. The van der Waals surface area contributed by atoms with E-state index in [1.807, 2.05) is 20.8 Å². The minimum absolute atomic E-state index is 0.387. The lowest BCUT2D eigenvalue weighted by molar-refractivity contribution is 0.369. The highest BCUT2D eigenvalue weighted by Gasteiger charge is 2.22. The van der Waals surface area contributed by atoms with Crippen LogP contribution in [0.1, 0.15) is 27.2 Å². The molecule has 1 aliphatic rings.